The summed E-state index contributed by atoms with van der Waals surface area (Å²) in [6, 6.07) is 3.40. The van der Waals surface area contributed by atoms with Crippen molar-refractivity contribution in [3.63, 3.8) is 0 Å². The Kier molecular flexibility index (Phi) is 6.90. The monoisotopic (exact) mass is 309 g/mol. The number of halogens is 2. The van der Waals surface area contributed by atoms with E-state index in [0.717, 1.165) is 0 Å². The lowest BCUT2D eigenvalue weighted by Crippen LogP contribution is -2.28. The van der Waals surface area contributed by atoms with Gasteiger partial charge >= 0.3 is 0 Å². The van der Waals surface area contributed by atoms with Gasteiger partial charge in [0.1, 0.15) is 5.69 Å². The number of aromatic nitrogens is 1. The van der Waals surface area contributed by atoms with Gasteiger partial charge in [0.2, 0.25) is 0 Å². The Morgan fingerprint density at radius 3 is 2.68 bits per heavy atom. The minimum absolute atomic E-state index is 0.126. The largest absolute Gasteiger partial charge is 0.307 e. The van der Waals surface area contributed by atoms with Gasteiger partial charge in [-0.3, -0.25) is 9.98 Å². The van der Waals surface area contributed by atoms with Gasteiger partial charge in [0.15, 0.2) is 0 Å². The fraction of sp³-hybridized carbons (Fsp3) is 0.647. The third kappa shape index (κ3) is 4.83. The van der Waals surface area contributed by atoms with Crippen LogP contribution in [0.15, 0.2) is 23.3 Å². The lowest BCUT2D eigenvalue weighted by atomic mass is 9.94. The van der Waals surface area contributed by atoms with E-state index < -0.39 is 6.43 Å². The maximum Gasteiger partial charge on any atom is 0.280 e. The average molecular weight is 309 g/mol. The number of nitrogens with zero attached hydrogens (tertiary/aromatic N) is 2. The van der Waals surface area contributed by atoms with Crippen LogP contribution in [-0.2, 0) is 6.54 Å². The van der Waals surface area contributed by atoms with Gasteiger partial charge in [-0.25, -0.2) is 8.78 Å². The molecule has 22 heavy (non-hydrogen) atoms. The molecule has 1 aliphatic carbocycles. The Bertz CT molecular complexity index is 481. The third-order valence-corrected chi connectivity index (χ3v) is 4.37. The maximum absolute atomic E-state index is 12.9. The number of hydrogen-bond donors (Lipinski definition) is 1. The fourth-order valence-electron chi connectivity index (χ4n) is 3.14. The molecule has 5 heteroatoms. The summed E-state index contributed by atoms with van der Waals surface area (Å²) in [5.74, 6) is 0.545. The summed E-state index contributed by atoms with van der Waals surface area (Å²) < 4.78 is 25.8. The zero-order chi connectivity index (χ0) is 15.8. The van der Waals surface area contributed by atoms with Crippen molar-refractivity contribution in [3.8, 4) is 0 Å². The van der Waals surface area contributed by atoms with Crippen LogP contribution in [0.3, 0.4) is 0 Å². The molecule has 122 valence electrons. The Morgan fingerprint density at radius 2 is 2.05 bits per heavy atom. The second-order valence-corrected chi connectivity index (χ2v) is 5.86. The zero-order valence-electron chi connectivity index (χ0n) is 13.2. The lowest BCUT2D eigenvalue weighted by molar-refractivity contribution is 0.144. The van der Waals surface area contributed by atoms with Gasteiger partial charge in [-0.1, -0.05) is 31.7 Å². The van der Waals surface area contributed by atoms with Crippen molar-refractivity contribution in [2.24, 2.45) is 10.9 Å². The van der Waals surface area contributed by atoms with Crippen molar-refractivity contribution in [2.75, 3.05) is 13.6 Å². The van der Waals surface area contributed by atoms with Crippen LogP contribution >= 0.6 is 0 Å². The zero-order valence-corrected chi connectivity index (χ0v) is 13.2. The first kappa shape index (κ1) is 17.0. The van der Waals surface area contributed by atoms with Crippen LogP contribution in [0.4, 0.5) is 8.78 Å². The maximum atomic E-state index is 12.9. The number of pyridine rings is 1. The molecule has 0 aliphatic heterocycles. The summed E-state index contributed by atoms with van der Waals surface area (Å²) in [4.78, 5) is 8.21. The first-order valence-electron chi connectivity index (χ1n) is 8.10. The van der Waals surface area contributed by atoms with E-state index in [4.69, 9.17) is 0 Å². The molecule has 1 aromatic rings. The predicted octanol–water partition coefficient (Wildman–Crippen LogP) is 4.15. The highest BCUT2D eigenvalue weighted by molar-refractivity contribution is 5.88. The number of hydrogen-bond acceptors (Lipinski definition) is 3. The molecule has 2 rings (SSSR count). The molecule has 1 N–H and O–H groups in total. The molecule has 0 radical (unpaired) electrons. The summed E-state index contributed by atoms with van der Waals surface area (Å²) in [6.45, 7) is 1.07. The van der Waals surface area contributed by atoms with Gasteiger partial charge in [0, 0.05) is 32.0 Å². The van der Waals surface area contributed by atoms with E-state index in [1.165, 1.54) is 50.4 Å². The number of nitrogens with one attached hydrogen (secondary N) is 1. The van der Waals surface area contributed by atoms with E-state index in [9.17, 15) is 8.78 Å². The summed E-state index contributed by atoms with van der Waals surface area (Å²) in [7, 11) is 1.83. The molecule has 0 spiro atoms. The van der Waals surface area contributed by atoms with Crippen molar-refractivity contribution in [3.05, 3.63) is 29.6 Å². The molecule has 1 heterocycles. The fourth-order valence-corrected chi connectivity index (χ4v) is 3.14. The summed E-state index contributed by atoms with van der Waals surface area (Å²) in [5, 5.41) is 3.26. The van der Waals surface area contributed by atoms with Crippen LogP contribution in [0, 0.1) is 5.92 Å². The highest BCUT2D eigenvalue weighted by atomic mass is 19.3. The van der Waals surface area contributed by atoms with E-state index >= 15 is 0 Å². The van der Waals surface area contributed by atoms with Gasteiger partial charge < -0.3 is 5.32 Å². The number of rotatable bonds is 6. The van der Waals surface area contributed by atoms with Crippen molar-refractivity contribution in [2.45, 2.75) is 51.5 Å². The smallest absolute Gasteiger partial charge is 0.280 e. The predicted molar refractivity (Wildman–Crippen MR) is 85.5 cm³/mol. The van der Waals surface area contributed by atoms with Gasteiger partial charge in [0.25, 0.3) is 6.43 Å². The molecule has 1 saturated carbocycles. The first-order valence-corrected chi connectivity index (χ1v) is 8.10. The number of alkyl halides is 2. The average Bonchev–Trinajstić information content (AvgIpc) is 2.81. The Hall–Kier alpha value is -1.36. The molecule has 1 aliphatic rings. The molecule has 0 saturated heterocycles. The Balaban J connectivity index is 1.89. The van der Waals surface area contributed by atoms with Crippen molar-refractivity contribution in [1.82, 2.24) is 10.3 Å². The van der Waals surface area contributed by atoms with Crippen LogP contribution in [-0.4, -0.2) is 24.3 Å². The van der Waals surface area contributed by atoms with Gasteiger partial charge in [-0.05, 0) is 30.4 Å². The van der Waals surface area contributed by atoms with E-state index in [-0.39, 0.29) is 5.69 Å². The molecule has 1 fully saturated rings. The summed E-state index contributed by atoms with van der Waals surface area (Å²) in [5.41, 5.74) is 1.61. The van der Waals surface area contributed by atoms with E-state index in [0.29, 0.717) is 24.6 Å². The van der Waals surface area contributed by atoms with Gasteiger partial charge in [-0.15, -0.1) is 0 Å². The Labute approximate surface area is 131 Å². The van der Waals surface area contributed by atoms with Crippen LogP contribution in [0.5, 0.6) is 0 Å². The molecule has 1 aromatic heterocycles. The quantitative estimate of drug-likeness (QED) is 0.633. The highest BCUT2D eigenvalue weighted by Gasteiger charge is 2.18. The van der Waals surface area contributed by atoms with Gasteiger partial charge in [-0.2, -0.15) is 0 Å². The second-order valence-electron chi connectivity index (χ2n) is 5.86. The molecule has 3 nitrogen and oxygen atoms in total. The van der Waals surface area contributed by atoms with Gasteiger partial charge in [0.05, 0.1) is 0 Å². The molecular formula is C17H25F2N3. The minimum Gasteiger partial charge on any atom is -0.307 e. The molecule has 0 unspecified atom stereocenters. The Morgan fingerprint density at radius 1 is 1.32 bits per heavy atom. The molecule has 0 amide bonds. The third-order valence-electron chi connectivity index (χ3n) is 4.37. The SMILES string of the molecule is CN=C(CNCc1cccnc1C(F)F)C1CCCCCC1. The summed E-state index contributed by atoms with van der Waals surface area (Å²) in [6.07, 6.45) is 6.44. The molecule has 0 atom stereocenters. The standard InChI is InChI=1S/C17H25F2N3/c1-20-15(13-7-4-2-3-5-8-13)12-21-11-14-9-6-10-22-16(14)17(18)19/h6,9-10,13,17,21H,2-5,7-8,11-12H2,1H3. The normalized spacial score (nSPS) is 17.7. The molecular weight excluding hydrogens is 284 g/mol. The summed E-state index contributed by atoms with van der Waals surface area (Å²) >= 11 is 0. The molecule has 0 bridgehead atoms. The first-order chi connectivity index (χ1) is 10.7. The minimum atomic E-state index is -2.53. The highest BCUT2D eigenvalue weighted by Crippen LogP contribution is 2.24. The van der Waals surface area contributed by atoms with Crippen molar-refractivity contribution < 1.29 is 8.78 Å². The lowest BCUT2D eigenvalue weighted by Gasteiger charge is -2.18. The van der Waals surface area contributed by atoms with Crippen LogP contribution in [0.25, 0.3) is 0 Å². The van der Waals surface area contributed by atoms with Crippen molar-refractivity contribution >= 4 is 5.71 Å². The second kappa shape index (κ2) is 8.93. The van der Waals surface area contributed by atoms with E-state index in [2.05, 4.69) is 15.3 Å². The van der Waals surface area contributed by atoms with Crippen LogP contribution in [0.2, 0.25) is 0 Å². The molecule has 0 aromatic carbocycles. The van der Waals surface area contributed by atoms with Crippen LogP contribution in [0.1, 0.15) is 56.2 Å². The van der Waals surface area contributed by atoms with Crippen molar-refractivity contribution in [1.29, 1.82) is 0 Å². The topological polar surface area (TPSA) is 37.3 Å². The van der Waals surface area contributed by atoms with Crippen LogP contribution < -0.4 is 5.32 Å². The van der Waals surface area contributed by atoms with E-state index in [1.807, 2.05) is 7.05 Å². The van der Waals surface area contributed by atoms with E-state index in [1.54, 1.807) is 12.1 Å². The number of aliphatic imine (C=N–C) groups is 1.